The molecule has 1 aromatic heterocycles. The van der Waals surface area contributed by atoms with Crippen molar-refractivity contribution in [2.45, 2.75) is 19.4 Å². The minimum Gasteiger partial charge on any atom is -0.396 e. The van der Waals surface area contributed by atoms with Gasteiger partial charge in [-0.25, -0.2) is 0 Å². The summed E-state index contributed by atoms with van der Waals surface area (Å²) in [5, 5.41) is 13.1. The Balaban J connectivity index is 1.74. The average molecular weight is 270 g/mol. The highest BCUT2D eigenvalue weighted by atomic mass is 16.3. The molecule has 20 heavy (non-hydrogen) atoms. The molecule has 4 heteroatoms. The third-order valence-electron chi connectivity index (χ3n) is 3.75. The zero-order valence-corrected chi connectivity index (χ0v) is 11.4. The molecule has 0 saturated heterocycles. The SMILES string of the molecule is Cc1ccc2cc(C(=O)N[C@@H]3C=C[C@H](CO)C3)[nH]c2c1. The Kier molecular flexibility index (Phi) is 3.32. The molecule has 1 aliphatic rings. The van der Waals surface area contributed by atoms with Gasteiger partial charge in [0.2, 0.25) is 0 Å². The maximum Gasteiger partial charge on any atom is 0.268 e. The number of hydrogen-bond acceptors (Lipinski definition) is 2. The highest BCUT2D eigenvalue weighted by Gasteiger charge is 2.20. The van der Waals surface area contributed by atoms with Crippen LogP contribution in [0.4, 0.5) is 0 Å². The van der Waals surface area contributed by atoms with Crippen molar-refractivity contribution < 1.29 is 9.90 Å². The molecule has 3 rings (SSSR count). The molecule has 4 nitrogen and oxygen atoms in total. The molecule has 0 aliphatic heterocycles. The van der Waals surface area contributed by atoms with E-state index in [1.54, 1.807) is 0 Å². The molecule has 2 aromatic rings. The summed E-state index contributed by atoms with van der Waals surface area (Å²) in [4.78, 5) is 15.4. The van der Waals surface area contributed by atoms with Crippen LogP contribution in [0.15, 0.2) is 36.4 Å². The molecule has 0 bridgehead atoms. The smallest absolute Gasteiger partial charge is 0.268 e. The highest BCUT2D eigenvalue weighted by molar-refractivity contribution is 5.98. The van der Waals surface area contributed by atoms with E-state index in [0.717, 1.165) is 22.9 Å². The molecule has 104 valence electrons. The second-order valence-electron chi connectivity index (χ2n) is 5.42. The molecule has 1 heterocycles. The fraction of sp³-hybridized carbons (Fsp3) is 0.312. The molecule has 2 atom stereocenters. The number of carbonyl (C=O) groups is 1. The predicted molar refractivity (Wildman–Crippen MR) is 78.6 cm³/mol. The molecule has 0 fully saturated rings. The van der Waals surface area contributed by atoms with Crippen molar-refractivity contribution in [2.24, 2.45) is 5.92 Å². The molecule has 1 aliphatic carbocycles. The summed E-state index contributed by atoms with van der Waals surface area (Å²) < 4.78 is 0. The average Bonchev–Trinajstić information content (AvgIpc) is 3.04. The van der Waals surface area contributed by atoms with E-state index in [1.807, 2.05) is 43.3 Å². The van der Waals surface area contributed by atoms with Crippen molar-refractivity contribution in [1.82, 2.24) is 10.3 Å². The van der Waals surface area contributed by atoms with Crippen molar-refractivity contribution >= 4 is 16.8 Å². The Morgan fingerprint density at radius 1 is 1.40 bits per heavy atom. The third-order valence-corrected chi connectivity index (χ3v) is 3.75. The van der Waals surface area contributed by atoms with Gasteiger partial charge in [-0.05, 0) is 31.0 Å². The Labute approximate surface area is 117 Å². The van der Waals surface area contributed by atoms with Crippen LogP contribution in [0.3, 0.4) is 0 Å². The Hall–Kier alpha value is -2.07. The summed E-state index contributed by atoms with van der Waals surface area (Å²) >= 11 is 0. The van der Waals surface area contributed by atoms with Gasteiger partial charge < -0.3 is 15.4 Å². The first-order valence-electron chi connectivity index (χ1n) is 6.85. The number of aromatic amines is 1. The fourth-order valence-electron chi connectivity index (χ4n) is 2.63. The van der Waals surface area contributed by atoms with Crippen LogP contribution in [0, 0.1) is 12.8 Å². The fourth-order valence-corrected chi connectivity index (χ4v) is 2.63. The molecule has 0 spiro atoms. The zero-order chi connectivity index (χ0) is 14.1. The van der Waals surface area contributed by atoms with Gasteiger partial charge >= 0.3 is 0 Å². The molecule has 1 amide bonds. The number of amides is 1. The summed E-state index contributed by atoms with van der Waals surface area (Å²) in [7, 11) is 0. The van der Waals surface area contributed by atoms with Gasteiger partial charge in [0.05, 0.1) is 0 Å². The van der Waals surface area contributed by atoms with E-state index in [-0.39, 0.29) is 24.5 Å². The van der Waals surface area contributed by atoms with E-state index in [2.05, 4.69) is 10.3 Å². The molecular weight excluding hydrogens is 252 g/mol. The van der Waals surface area contributed by atoms with Gasteiger partial charge in [0.25, 0.3) is 5.91 Å². The predicted octanol–water partition coefficient (Wildman–Crippen LogP) is 2.14. The van der Waals surface area contributed by atoms with Gasteiger partial charge in [-0.15, -0.1) is 0 Å². The maximum absolute atomic E-state index is 12.2. The number of nitrogens with one attached hydrogen (secondary N) is 2. The first-order chi connectivity index (χ1) is 9.65. The molecule has 3 N–H and O–H groups in total. The largest absolute Gasteiger partial charge is 0.396 e. The van der Waals surface area contributed by atoms with Crippen molar-refractivity contribution in [3.63, 3.8) is 0 Å². The minimum atomic E-state index is -0.105. The standard InChI is InChI=1S/C16H18N2O2/c1-10-2-4-12-8-15(18-14(12)6-10)16(20)17-13-5-3-11(7-13)9-19/h2-6,8,11,13,18-19H,7,9H2,1H3,(H,17,20)/t11-,13+/m0/s1. The number of fused-ring (bicyclic) bond motifs is 1. The van der Waals surface area contributed by atoms with E-state index in [9.17, 15) is 4.79 Å². The van der Waals surface area contributed by atoms with Crippen LogP contribution in [-0.4, -0.2) is 28.6 Å². The lowest BCUT2D eigenvalue weighted by molar-refractivity contribution is 0.0937. The second kappa shape index (κ2) is 5.13. The Morgan fingerprint density at radius 3 is 3.00 bits per heavy atom. The van der Waals surface area contributed by atoms with Crippen LogP contribution >= 0.6 is 0 Å². The van der Waals surface area contributed by atoms with Gasteiger partial charge in [0.15, 0.2) is 0 Å². The minimum absolute atomic E-state index is 0.00722. The highest BCUT2D eigenvalue weighted by Crippen LogP contribution is 2.19. The normalized spacial score (nSPS) is 21.5. The molecule has 0 radical (unpaired) electrons. The third kappa shape index (κ3) is 2.47. The van der Waals surface area contributed by atoms with Crippen molar-refractivity contribution in [2.75, 3.05) is 6.61 Å². The number of hydrogen-bond donors (Lipinski definition) is 3. The molecule has 1 aromatic carbocycles. The first kappa shape index (κ1) is 12.9. The number of benzene rings is 1. The van der Waals surface area contributed by atoms with Gasteiger partial charge in [-0.3, -0.25) is 4.79 Å². The lowest BCUT2D eigenvalue weighted by atomic mass is 10.1. The van der Waals surface area contributed by atoms with Crippen LogP contribution in [0.1, 0.15) is 22.5 Å². The lowest BCUT2D eigenvalue weighted by Gasteiger charge is -2.11. The number of aliphatic hydroxyl groups is 1. The van der Waals surface area contributed by atoms with Crippen molar-refractivity contribution in [3.8, 4) is 0 Å². The number of rotatable bonds is 3. The van der Waals surface area contributed by atoms with Gasteiger partial charge in [-0.2, -0.15) is 0 Å². The maximum atomic E-state index is 12.2. The van der Waals surface area contributed by atoms with E-state index in [4.69, 9.17) is 5.11 Å². The van der Waals surface area contributed by atoms with Gasteiger partial charge in [-0.1, -0.05) is 24.3 Å². The van der Waals surface area contributed by atoms with E-state index >= 15 is 0 Å². The van der Waals surface area contributed by atoms with E-state index < -0.39 is 0 Å². The van der Waals surface area contributed by atoms with Gasteiger partial charge in [0.1, 0.15) is 5.69 Å². The number of aliphatic hydroxyl groups excluding tert-OH is 1. The summed E-state index contributed by atoms with van der Waals surface area (Å²) in [6.45, 7) is 2.16. The molecule has 0 saturated carbocycles. The Bertz CT molecular complexity index is 672. The quantitative estimate of drug-likeness (QED) is 0.748. The van der Waals surface area contributed by atoms with E-state index in [0.29, 0.717) is 5.69 Å². The van der Waals surface area contributed by atoms with Crippen LogP contribution in [0.2, 0.25) is 0 Å². The van der Waals surface area contributed by atoms with Crippen LogP contribution in [0.5, 0.6) is 0 Å². The number of carbonyl (C=O) groups excluding carboxylic acids is 1. The molecule has 0 unspecified atom stereocenters. The van der Waals surface area contributed by atoms with Crippen LogP contribution in [-0.2, 0) is 0 Å². The van der Waals surface area contributed by atoms with Crippen LogP contribution in [0.25, 0.3) is 10.9 Å². The number of H-pyrrole nitrogens is 1. The number of aromatic nitrogens is 1. The zero-order valence-electron chi connectivity index (χ0n) is 11.4. The summed E-state index contributed by atoms with van der Waals surface area (Å²) in [6.07, 6.45) is 4.67. The van der Waals surface area contributed by atoms with Crippen LogP contribution < -0.4 is 5.32 Å². The van der Waals surface area contributed by atoms with Crippen molar-refractivity contribution in [3.05, 3.63) is 47.7 Å². The Morgan fingerprint density at radius 2 is 2.25 bits per heavy atom. The topological polar surface area (TPSA) is 65.1 Å². The monoisotopic (exact) mass is 270 g/mol. The second-order valence-corrected chi connectivity index (χ2v) is 5.42. The summed E-state index contributed by atoms with van der Waals surface area (Å²) in [5.41, 5.74) is 2.72. The van der Waals surface area contributed by atoms with E-state index in [1.165, 1.54) is 0 Å². The molecular formula is C16H18N2O2. The number of aryl methyl sites for hydroxylation is 1. The van der Waals surface area contributed by atoms with Crippen molar-refractivity contribution in [1.29, 1.82) is 0 Å². The summed E-state index contributed by atoms with van der Waals surface area (Å²) in [5.74, 6) is 0.0535. The summed E-state index contributed by atoms with van der Waals surface area (Å²) in [6, 6.07) is 7.95. The first-order valence-corrected chi connectivity index (χ1v) is 6.85. The lowest BCUT2D eigenvalue weighted by Crippen LogP contribution is -2.33. The van der Waals surface area contributed by atoms with Gasteiger partial charge in [0, 0.05) is 29.5 Å².